The van der Waals surface area contributed by atoms with Gasteiger partial charge in [-0.15, -0.1) is 0 Å². The van der Waals surface area contributed by atoms with Crippen LogP contribution in [0.4, 0.5) is 10.1 Å². The van der Waals surface area contributed by atoms with E-state index in [0.717, 1.165) is 48.3 Å². The Morgan fingerprint density at radius 2 is 1.62 bits per heavy atom. The Labute approximate surface area is 308 Å². The molecule has 5 rings (SSSR count). The Morgan fingerprint density at radius 1 is 0.981 bits per heavy atom. The molecule has 0 saturated carbocycles. The Kier molecular flexibility index (Phi) is 12.7. The Hall–Kier alpha value is -3.58. The third-order valence-corrected chi connectivity index (χ3v) is 11.4. The quantitative estimate of drug-likeness (QED) is 0.181. The van der Waals surface area contributed by atoms with E-state index in [4.69, 9.17) is 19.2 Å². The van der Waals surface area contributed by atoms with E-state index in [9.17, 15) is 22.7 Å². The highest BCUT2D eigenvalue weighted by atomic mass is 32.2. The van der Waals surface area contributed by atoms with Crippen LogP contribution in [-0.4, -0.2) is 92.4 Å². The van der Waals surface area contributed by atoms with Crippen LogP contribution in [0.3, 0.4) is 0 Å². The number of aryl methyl sites for hydroxylation is 1. The van der Waals surface area contributed by atoms with Gasteiger partial charge in [-0.2, -0.15) is 0 Å². The van der Waals surface area contributed by atoms with Gasteiger partial charge in [0.1, 0.15) is 11.6 Å². The molecule has 2 aromatic carbocycles. The molecule has 0 bridgehead atoms. The second-order valence-corrected chi connectivity index (χ2v) is 18.0. The largest absolute Gasteiger partial charge is 0.493 e. The topological polar surface area (TPSA) is 119 Å². The average molecular weight is 740 g/mol. The van der Waals surface area contributed by atoms with Gasteiger partial charge in [0.25, 0.3) is 0 Å². The fraction of sp³-hybridized carbons (Fsp3) is 0.550. The number of hydrogen-bond acceptors (Lipinski definition) is 9. The zero-order chi connectivity index (χ0) is 37.7. The van der Waals surface area contributed by atoms with Crippen molar-refractivity contribution in [2.45, 2.75) is 79.1 Å². The number of rotatable bonds is 14. The van der Waals surface area contributed by atoms with E-state index in [0.29, 0.717) is 62.0 Å². The molecule has 2 fully saturated rings. The maximum atomic E-state index is 13.3. The van der Waals surface area contributed by atoms with Crippen LogP contribution in [0.1, 0.15) is 76.1 Å². The molecule has 0 spiro atoms. The number of aromatic nitrogens is 1. The molecule has 3 aromatic rings. The minimum atomic E-state index is -2.98. The third kappa shape index (κ3) is 10.7. The van der Waals surface area contributed by atoms with Crippen LogP contribution in [0.5, 0.6) is 5.75 Å². The second-order valence-electron chi connectivity index (χ2n) is 15.7. The molecule has 3 heterocycles. The van der Waals surface area contributed by atoms with Crippen molar-refractivity contribution >= 4 is 21.5 Å². The number of nitrogens with zero attached hydrogens (tertiary/aromatic N) is 3. The lowest BCUT2D eigenvalue weighted by Crippen LogP contribution is -2.41. The molecule has 284 valence electrons. The lowest BCUT2D eigenvalue weighted by molar-refractivity contribution is -0.160. The van der Waals surface area contributed by atoms with Crippen molar-refractivity contribution in [2.24, 2.45) is 5.41 Å². The van der Waals surface area contributed by atoms with Crippen LogP contribution < -0.4 is 9.64 Å². The summed E-state index contributed by atoms with van der Waals surface area (Å²) in [5.74, 6) is -0.369. The summed E-state index contributed by atoms with van der Waals surface area (Å²) in [6.45, 7) is 16.0. The summed E-state index contributed by atoms with van der Waals surface area (Å²) < 4.78 is 55.8. The monoisotopic (exact) mass is 739 g/mol. The first kappa shape index (κ1) is 39.6. The summed E-state index contributed by atoms with van der Waals surface area (Å²) in [6.07, 6.45) is 1.24. The van der Waals surface area contributed by atoms with Gasteiger partial charge in [-0.1, -0.05) is 38.1 Å². The highest BCUT2D eigenvalue weighted by Gasteiger charge is 2.37. The van der Waals surface area contributed by atoms with Gasteiger partial charge < -0.3 is 24.2 Å². The van der Waals surface area contributed by atoms with E-state index in [1.54, 1.807) is 12.1 Å². The van der Waals surface area contributed by atoms with Crippen molar-refractivity contribution < 1.29 is 36.9 Å². The molecule has 0 radical (unpaired) electrons. The van der Waals surface area contributed by atoms with Crippen molar-refractivity contribution in [3.05, 3.63) is 76.9 Å². The van der Waals surface area contributed by atoms with Gasteiger partial charge in [0, 0.05) is 56.0 Å². The number of carboxylic acid groups (broad SMARTS) is 1. The predicted molar refractivity (Wildman–Crippen MR) is 201 cm³/mol. The second kappa shape index (κ2) is 16.6. The third-order valence-electron chi connectivity index (χ3n) is 9.81. The van der Waals surface area contributed by atoms with Crippen LogP contribution in [0.15, 0.2) is 48.5 Å². The SMILES string of the molecule is Cc1nc(COCCN2CCS(=O)(=O)CC2)c(-c2ccc(OCCc3ccc(F)cc3)cc2)c(N2CCC(C)(C)CC2)c1C(OC(C)(C)C)C(=O)O. The molecule has 1 aromatic heterocycles. The fourth-order valence-electron chi connectivity index (χ4n) is 6.73. The Morgan fingerprint density at radius 3 is 2.21 bits per heavy atom. The van der Waals surface area contributed by atoms with Crippen molar-refractivity contribution in [1.29, 1.82) is 0 Å². The number of carboxylic acids is 1. The van der Waals surface area contributed by atoms with E-state index in [2.05, 4.69) is 23.6 Å². The number of sulfone groups is 1. The smallest absolute Gasteiger partial charge is 0.337 e. The zero-order valence-corrected chi connectivity index (χ0v) is 32.2. The van der Waals surface area contributed by atoms with Crippen molar-refractivity contribution in [1.82, 2.24) is 9.88 Å². The zero-order valence-electron chi connectivity index (χ0n) is 31.4. The number of aliphatic carboxylic acids is 1. The van der Waals surface area contributed by atoms with E-state index in [1.807, 2.05) is 52.0 Å². The van der Waals surface area contributed by atoms with E-state index in [-0.39, 0.29) is 29.3 Å². The molecule has 12 heteroatoms. The molecule has 0 aliphatic carbocycles. The van der Waals surface area contributed by atoms with E-state index < -0.39 is 27.5 Å². The highest BCUT2D eigenvalue weighted by molar-refractivity contribution is 7.91. The number of hydrogen-bond donors (Lipinski definition) is 1. The molecule has 2 saturated heterocycles. The summed E-state index contributed by atoms with van der Waals surface area (Å²) in [5.41, 5.74) is 4.63. The maximum Gasteiger partial charge on any atom is 0.337 e. The summed E-state index contributed by atoms with van der Waals surface area (Å²) in [4.78, 5) is 22.4. The van der Waals surface area contributed by atoms with Crippen LogP contribution in [-0.2, 0) is 37.1 Å². The standard InChI is InChI=1S/C40H54FN3O7S/c1-28-34(37(38(45)46)51-39(2,3)4)36(44-18-16-40(5,6)17-19-44)35(33(42-28)27-49-24-20-43-21-25-52(47,48)26-22-43)30-9-13-32(14-10-30)50-23-15-29-7-11-31(41)12-8-29/h7-14,37H,15-27H2,1-6H3,(H,45,46). The summed E-state index contributed by atoms with van der Waals surface area (Å²) >= 11 is 0. The first-order chi connectivity index (χ1) is 24.5. The first-order valence-corrected chi connectivity index (χ1v) is 20.0. The highest BCUT2D eigenvalue weighted by Crippen LogP contribution is 2.45. The number of halogens is 1. The van der Waals surface area contributed by atoms with Crippen LogP contribution in [0, 0.1) is 18.2 Å². The molecule has 52 heavy (non-hydrogen) atoms. The minimum absolute atomic E-state index is 0.152. The number of ether oxygens (including phenoxy) is 3. The van der Waals surface area contributed by atoms with Gasteiger partial charge in [-0.3, -0.25) is 9.88 Å². The van der Waals surface area contributed by atoms with Gasteiger partial charge in [0.05, 0.1) is 48.3 Å². The molecule has 2 aliphatic heterocycles. The molecular weight excluding hydrogens is 686 g/mol. The van der Waals surface area contributed by atoms with Crippen LogP contribution in [0.2, 0.25) is 0 Å². The van der Waals surface area contributed by atoms with E-state index >= 15 is 0 Å². The molecule has 1 atom stereocenters. The normalized spacial score (nSPS) is 18.2. The molecule has 2 aliphatic rings. The van der Waals surface area contributed by atoms with Crippen molar-refractivity contribution in [3.63, 3.8) is 0 Å². The lowest BCUT2D eigenvalue weighted by Gasteiger charge is -2.41. The fourth-order valence-corrected chi connectivity index (χ4v) is 8.00. The number of piperidine rings is 1. The molecule has 10 nitrogen and oxygen atoms in total. The number of benzene rings is 2. The summed E-state index contributed by atoms with van der Waals surface area (Å²) in [7, 11) is -2.98. The summed E-state index contributed by atoms with van der Waals surface area (Å²) in [5, 5.41) is 10.6. The molecule has 1 N–H and O–H groups in total. The van der Waals surface area contributed by atoms with Crippen LogP contribution >= 0.6 is 0 Å². The first-order valence-electron chi connectivity index (χ1n) is 18.2. The Bertz CT molecular complexity index is 1770. The van der Waals surface area contributed by atoms with Gasteiger partial charge in [0.2, 0.25) is 0 Å². The van der Waals surface area contributed by atoms with Gasteiger partial charge >= 0.3 is 5.97 Å². The lowest BCUT2D eigenvalue weighted by atomic mass is 9.81. The van der Waals surface area contributed by atoms with Crippen molar-refractivity contribution in [2.75, 3.05) is 62.3 Å². The van der Waals surface area contributed by atoms with Gasteiger partial charge in [-0.05, 0) is 81.3 Å². The van der Waals surface area contributed by atoms with Crippen LogP contribution in [0.25, 0.3) is 11.1 Å². The van der Waals surface area contributed by atoms with E-state index in [1.165, 1.54) is 12.1 Å². The maximum absolute atomic E-state index is 13.3. The molecular formula is C40H54FN3O7S. The minimum Gasteiger partial charge on any atom is -0.493 e. The number of pyridine rings is 1. The predicted octanol–water partition coefficient (Wildman–Crippen LogP) is 6.63. The summed E-state index contributed by atoms with van der Waals surface area (Å²) in [6, 6.07) is 14.1. The van der Waals surface area contributed by atoms with Crippen molar-refractivity contribution in [3.8, 4) is 16.9 Å². The van der Waals surface area contributed by atoms with Gasteiger partial charge in [-0.25, -0.2) is 17.6 Å². The molecule has 1 unspecified atom stereocenters. The Balaban J connectivity index is 1.51. The number of carbonyl (C=O) groups is 1. The molecule has 0 amide bonds. The number of anilines is 1. The average Bonchev–Trinajstić information content (AvgIpc) is 3.07. The van der Waals surface area contributed by atoms with Gasteiger partial charge in [0.15, 0.2) is 15.9 Å².